The molecule has 0 aromatic heterocycles. The average molecular weight is 407 g/mol. The number of rotatable bonds is 5. The Hall–Kier alpha value is -3.10. The van der Waals surface area contributed by atoms with Gasteiger partial charge >= 0.3 is 0 Å². The molecule has 5 heteroatoms. The molecule has 0 fully saturated rings. The van der Waals surface area contributed by atoms with E-state index >= 15 is 0 Å². The molecule has 26 heavy (non-hydrogen) atoms. The Balaban J connectivity index is 1.81. The monoisotopic (exact) mass is 406 g/mol. The Morgan fingerprint density at radius 2 is 1.92 bits per heavy atom. The van der Waals surface area contributed by atoms with E-state index in [9.17, 15) is 4.79 Å². The van der Waals surface area contributed by atoms with Gasteiger partial charge in [-0.1, -0.05) is 48.5 Å². The quantitative estimate of drug-likeness (QED) is 0.497. The lowest BCUT2D eigenvalue weighted by Crippen LogP contribution is -2.12. The second-order valence-corrected chi connectivity index (χ2v) is 6.51. The van der Waals surface area contributed by atoms with Gasteiger partial charge in [0.05, 0.1) is 4.47 Å². The lowest BCUT2D eigenvalue weighted by Gasteiger charge is -2.11. The van der Waals surface area contributed by atoms with Crippen LogP contribution in [0.4, 0.5) is 0 Å². The van der Waals surface area contributed by atoms with E-state index in [0.717, 1.165) is 15.4 Å². The van der Waals surface area contributed by atoms with Gasteiger partial charge in [-0.3, -0.25) is 4.79 Å². The molecule has 0 aliphatic heterocycles. The van der Waals surface area contributed by atoms with Crippen molar-refractivity contribution in [3.05, 3.63) is 81.8 Å². The summed E-state index contributed by atoms with van der Waals surface area (Å²) in [5.74, 6) is -0.0763. The van der Waals surface area contributed by atoms with Gasteiger partial charge in [-0.2, -0.15) is 5.26 Å². The van der Waals surface area contributed by atoms with E-state index in [4.69, 9.17) is 15.7 Å². The Kier molecular flexibility index (Phi) is 5.35. The molecule has 0 spiro atoms. The van der Waals surface area contributed by atoms with Gasteiger partial charge < -0.3 is 10.5 Å². The summed E-state index contributed by atoms with van der Waals surface area (Å²) in [6.45, 7) is 0.430. The highest BCUT2D eigenvalue weighted by Crippen LogP contribution is 2.28. The van der Waals surface area contributed by atoms with Crippen LogP contribution >= 0.6 is 15.9 Å². The van der Waals surface area contributed by atoms with Gasteiger partial charge in [0.1, 0.15) is 24.0 Å². The third-order valence-electron chi connectivity index (χ3n) is 3.92. The van der Waals surface area contributed by atoms with Crippen LogP contribution < -0.4 is 10.5 Å². The number of halogens is 1. The maximum Gasteiger partial charge on any atom is 0.259 e. The SMILES string of the molecule is N#CC(=Cc1ccc(OCc2cccc3ccccc23)c(Br)c1)C(N)=O. The Labute approximate surface area is 159 Å². The normalized spacial score (nSPS) is 11.2. The van der Waals surface area contributed by atoms with Crippen LogP contribution in [-0.4, -0.2) is 5.91 Å². The van der Waals surface area contributed by atoms with E-state index in [1.54, 1.807) is 24.3 Å². The molecule has 0 bridgehead atoms. The van der Waals surface area contributed by atoms with Gasteiger partial charge in [0.15, 0.2) is 0 Å². The molecule has 2 N–H and O–H groups in total. The molecule has 0 heterocycles. The lowest BCUT2D eigenvalue weighted by molar-refractivity contribution is -0.114. The number of amides is 1. The minimum Gasteiger partial charge on any atom is -0.488 e. The highest BCUT2D eigenvalue weighted by molar-refractivity contribution is 9.10. The van der Waals surface area contributed by atoms with Crippen molar-refractivity contribution in [1.29, 1.82) is 5.26 Å². The Morgan fingerprint density at radius 3 is 2.65 bits per heavy atom. The number of nitrogens with two attached hydrogens (primary N) is 1. The molecule has 1 amide bonds. The van der Waals surface area contributed by atoms with E-state index in [-0.39, 0.29) is 5.57 Å². The molecule has 3 aromatic rings. The van der Waals surface area contributed by atoms with Crippen molar-refractivity contribution < 1.29 is 9.53 Å². The van der Waals surface area contributed by atoms with Crippen LogP contribution in [0.3, 0.4) is 0 Å². The lowest BCUT2D eigenvalue weighted by atomic mass is 10.1. The first-order chi connectivity index (χ1) is 12.6. The van der Waals surface area contributed by atoms with Crippen LogP contribution in [0.25, 0.3) is 16.8 Å². The summed E-state index contributed by atoms with van der Waals surface area (Å²) in [5, 5.41) is 11.3. The molecule has 128 valence electrons. The number of carbonyl (C=O) groups excluding carboxylic acids is 1. The fraction of sp³-hybridized carbons (Fsp3) is 0.0476. The van der Waals surface area contributed by atoms with Crippen molar-refractivity contribution in [3.8, 4) is 11.8 Å². The molecule has 0 aliphatic rings. The number of hydrogen-bond acceptors (Lipinski definition) is 3. The number of primary amides is 1. The standard InChI is InChI=1S/C21H15BrN2O2/c22-19-11-14(10-17(12-23)21(24)25)8-9-20(19)26-13-16-6-3-5-15-4-1-2-7-18(15)16/h1-11H,13H2,(H2,24,25). The van der Waals surface area contributed by atoms with E-state index in [1.807, 2.05) is 24.3 Å². The average Bonchev–Trinajstić information content (AvgIpc) is 2.65. The molecular formula is C21H15BrN2O2. The van der Waals surface area contributed by atoms with Crippen molar-refractivity contribution in [1.82, 2.24) is 0 Å². The van der Waals surface area contributed by atoms with Gasteiger partial charge in [0.2, 0.25) is 0 Å². The molecule has 3 rings (SSSR count). The molecule has 0 saturated carbocycles. The van der Waals surface area contributed by atoms with E-state index < -0.39 is 5.91 Å². The molecular weight excluding hydrogens is 392 g/mol. The number of ether oxygens (including phenoxy) is 1. The maximum absolute atomic E-state index is 11.1. The van der Waals surface area contributed by atoms with E-state index in [2.05, 4.69) is 34.1 Å². The summed E-state index contributed by atoms with van der Waals surface area (Å²) in [7, 11) is 0. The molecule has 0 atom stereocenters. The van der Waals surface area contributed by atoms with Crippen LogP contribution in [-0.2, 0) is 11.4 Å². The van der Waals surface area contributed by atoms with Crippen molar-refractivity contribution in [2.24, 2.45) is 5.73 Å². The van der Waals surface area contributed by atoms with Crippen LogP contribution in [0.1, 0.15) is 11.1 Å². The van der Waals surface area contributed by atoms with Crippen molar-refractivity contribution >= 4 is 38.7 Å². The summed E-state index contributed by atoms with van der Waals surface area (Å²) in [4.78, 5) is 11.1. The summed E-state index contributed by atoms with van der Waals surface area (Å²) >= 11 is 3.47. The van der Waals surface area contributed by atoms with Gasteiger partial charge in [-0.25, -0.2) is 0 Å². The topological polar surface area (TPSA) is 76.1 Å². The third kappa shape index (κ3) is 3.93. The first kappa shape index (κ1) is 17.7. The molecule has 0 radical (unpaired) electrons. The summed E-state index contributed by atoms with van der Waals surface area (Å²) in [6, 6.07) is 21.4. The van der Waals surface area contributed by atoms with Gasteiger partial charge in [0.25, 0.3) is 5.91 Å². The van der Waals surface area contributed by atoms with Gasteiger partial charge in [-0.15, -0.1) is 0 Å². The molecule has 0 saturated heterocycles. The smallest absolute Gasteiger partial charge is 0.259 e. The maximum atomic E-state index is 11.1. The minimum atomic E-state index is -0.750. The number of fused-ring (bicyclic) bond motifs is 1. The molecule has 3 aromatic carbocycles. The van der Waals surface area contributed by atoms with E-state index in [1.165, 1.54) is 11.5 Å². The first-order valence-electron chi connectivity index (χ1n) is 7.89. The fourth-order valence-corrected chi connectivity index (χ4v) is 3.13. The zero-order valence-corrected chi connectivity index (χ0v) is 15.4. The number of benzene rings is 3. The summed E-state index contributed by atoms with van der Waals surface area (Å²) in [5.41, 5.74) is 6.84. The number of nitriles is 1. The fourth-order valence-electron chi connectivity index (χ4n) is 2.62. The third-order valence-corrected chi connectivity index (χ3v) is 4.54. The van der Waals surface area contributed by atoms with E-state index in [0.29, 0.717) is 17.9 Å². The molecule has 4 nitrogen and oxygen atoms in total. The molecule has 0 unspecified atom stereocenters. The van der Waals surface area contributed by atoms with Crippen LogP contribution in [0.2, 0.25) is 0 Å². The van der Waals surface area contributed by atoms with Gasteiger partial charge in [-0.05, 0) is 56.0 Å². The van der Waals surface area contributed by atoms with Gasteiger partial charge in [0, 0.05) is 0 Å². The molecule has 0 aliphatic carbocycles. The first-order valence-corrected chi connectivity index (χ1v) is 8.68. The Morgan fingerprint density at radius 1 is 1.15 bits per heavy atom. The van der Waals surface area contributed by atoms with Crippen molar-refractivity contribution in [2.45, 2.75) is 6.61 Å². The second-order valence-electron chi connectivity index (χ2n) is 5.65. The number of nitrogens with zero attached hydrogens (tertiary/aromatic N) is 1. The number of hydrogen-bond donors (Lipinski definition) is 1. The Bertz CT molecular complexity index is 1050. The van der Waals surface area contributed by atoms with Crippen LogP contribution in [0, 0.1) is 11.3 Å². The summed E-state index contributed by atoms with van der Waals surface area (Å²) < 4.78 is 6.67. The van der Waals surface area contributed by atoms with Crippen molar-refractivity contribution in [3.63, 3.8) is 0 Å². The second kappa shape index (κ2) is 7.85. The predicted molar refractivity (Wildman–Crippen MR) is 105 cm³/mol. The summed E-state index contributed by atoms with van der Waals surface area (Å²) in [6.07, 6.45) is 1.45. The zero-order valence-electron chi connectivity index (χ0n) is 13.8. The van der Waals surface area contributed by atoms with Crippen molar-refractivity contribution in [2.75, 3.05) is 0 Å². The van der Waals surface area contributed by atoms with Crippen LogP contribution in [0.15, 0.2) is 70.7 Å². The highest BCUT2D eigenvalue weighted by atomic mass is 79.9. The van der Waals surface area contributed by atoms with Crippen LogP contribution in [0.5, 0.6) is 5.75 Å². The predicted octanol–water partition coefficient (Wildman–Crippen LogP) is 4.57. The largest absolute Gasteiger partial charge is 0.488 e. The minimum absolute atomic E-state index is 0.0960. The zero-order chi connectivity index (χ0) is 18.5. The highest BCUT2D eigenvalue weighted by Gasteiger charge is 2.07. The number of carbonyl (C=O) groups is 1.